The molecule has 4 nitrogen and oxygen atoms in total. The lowest BCUT2D eigenvalue weighted by Gasteiger charge is -2.16. The minimum absolute atomic E-state index is 0.0240. The molecule has 0 unspecified atom stereocenters. The molecular formula is C14H15ClN2O2S. The van der Waals surface area contributed by atoms with Crippen LogP contribution in [0, 0.1) is 6.92 Å². The van der Waals surface area contributed by atoms with Gasteiger partial charge >= 0.3 is 0 Å². The molecule has 1 amide bonds. The van der Waals surface area contributed by atoms with Crippen LogP contribution < -0.4 is 0 Å². The van der Waals surface area contributed by atoms with E-state index in [1.807, 2.05) is 13.1 Å². The molecule has 1 N–H and O–H groups in total. The van der Waals surface area contributed by atoms with Gasteiger partial charge in [-0.25, -0.2) is 4.98 Å². The molecule has 2 aromatic rings. The van der Waals surface area contributed by atoms with Gasteiger partial charge in [0.05, 0.1) is 10.0 Å². The maximum atomic E-state index is 12.2. The second-order valence-corrected chi connectivity index (χ2v) is 6.23. The van der Waals surface area contributed by atoms with Crippen LogP contribution in [0.2, 0.25) is 5.02 Å². The molecule has 0 aliphatic carbocycles. The number of rotatable bonds is 4. The minimum atomic E-state index is -0.125. The monoisotopic (exact) mass is 310 g/mol. The van der Waals surface area contributed by atoms with E-state index < -0.39 is 0 Å². The topological polar surface area (TPSA) is 53.4 Å². The summed E-state index contributed by atoms with van der Waals surface area (Å²) >= 11 is 7.45. The molecule has 0 bridgehead atoms. The predicted octanol–water partition coefficient (Wildman–Crippen LogP) is 3.13. The number of halogens is 1. The third-order valence-electron chi connectivity index (χ3n) is 2.87. The summed E-state index contributed by atoms with van der Waals surface area (Å²) < 4.78 is 0. The van der Waals surface area contributed by atoms with Crippen LogP contribution >= 0.6 is 22.9 Å². The Hall–Kier alpha value is -1.59. The Morgan fingerprint density at radius 2 is 2.25 bits per heavy atom. The van der Waals surface area contributed by atoms with E-state index in [0.717, 1.165) is 11.4 Å². The van der Waals surface area contributed by atoms with Crippen molar-refractivity contribution in [3.8, 4) is 5.75 Å². The standard InChI is InChI=1S/C14H15ClN2O2S/c1-9-8-16-13(20-9)5-6-17(2)14(19)10-3-4-12(18)11(15)7-10/h3-4,7-8,18H,5-6H2,1-2H3. The van der Waals surface area contributed by atoms with E-state index in [2.05, 4.69) is 4.98 Å². The van der Waals surface area contributed by atoms with E-state index in [1.165, 1.54) is 17.0 Å². The predicted molar refractivity (Wildman–Crippen MR) is 80.6 cm³/mol. The van der Waals surface area contributed by atoms with Gasteiger partial charge in [0.25, 0.3) is 5.91 Å². The molecule has 6 heteroatoms. The molecule has 0 atom stereocenters. The van der Waals surface area contributed by atoms with Crippen molar-refractivity contribution in [2.75, 3.05) is 13.6 Å². The molecule has 2 rings (SSSR count). The number of likely N-dealkylation sites (N-methyl/N-ethyl adjacent to an activating group) is 1. The van der Waals surface area contributed by atoms with Crippen molar-refractivity contribution in [1.29, 1.82) is 0 Å². The van der Waals surface area contributed by atoms with Gasteiger partial charge in [-0.1, -0.05) is 11.6 Å². The highest BCUT2D eigenvalue weighted by Crippen LogP contribution is 2.24. The van der Waals surface area contributed by atoms with Gasteiger partial charge in [0, 0.05) is 36.7 Å². The first-order valence-corrected chi connectivity index (χ1v) is 7.32. The highest BCUT2D eigenvalue weighted by atomic mass is 35.5. The Morgan fingerprint density at radius 1 is 1.50 bits per heavy atom. The van der Waals surface area contributed by atoms with Gasteiger partial charge in [0.2, 0.25) is 0 Å². The summed E-state index contributed by atoms with van der Waals surface area (Å²) in [6.07, 6.45) is 2.56. The van der Waals surface area contributed by atoms with Gasteiger partial charge in [-0.3, -0.25) is 4.79 Å². The molecule has 0 fully saturated rings. The lowest BCUT2D eigenvalue weighted by molar-refractivity contribution is 0.0796. The number of aromatic hydroxyl groups is 1. The van der Waals surface area contributed by atoms with Crippen LogP contribution in [0.15, 0.2) is 24.4 Å². The van der Waals surface area contributed by atoms with Gasteiger partial charge in [-0.05, 0) is 25.1 Å². The Bertz CT molecular complexity index is 627. The fourth-order valence-electron chi connectivity index (χ4n) is 1.74. The number of carbonyl (C=O) groups is 1. The van der Waals surface area contributed by atoms with Crippen LogP contribution in [-0.2, 0) is 6.42 Å². The number of thiazole rings is 1. The first-order valence-electron chi connectivity index (χ1n) is 6.12. The lowest BCUT2D eigenvalue weighted by atomic mass is 10.2. The van der Waals surface area contributed by atoms with Crippen molar-refractivity contribution in [3.63, 3.8) is 0 Å². The summed E-state index contributed by atoms with van der Waals surface area (Å²) in [6, 6.07) is 4.46. The number of phenols is 1. The van der Waals surface area contributed by atoms with Crippen molar-refractivity contribution < 1.29 is 9.90 Å². The number of hydrogen-bond acceptors (Lipinski definition) is 4. The Balaban J connectivity index is 1.99. The molecular weight excluding hydrogens is 296 g/mol. The number of carbonyl (C=O) groups excluding carboxylic acids is 1. The molecule has 1 aromatic heterocycles. The Morgan fingerprint density at radius 3 is 2.85 bits per heavy atom. The first-order chi connectivity index (χ1) is 9.47. The van der Waals surface area contributed by atoms with Gasteiger partial charge in [0.15, 0.2) is 0 Å². The van der Waals surface area contributed by atoms with E-state index in [0.29, 0.717) is 12.1 Å². The number of phenolic OH excluding ortho intramolecular Hbond substituents is 1. The quantitative estimate of drug-likeness (QED) is 0.944. The van der Waals surface area contributed by atoms with Gasteiger partial charge in [0.1, 0.15) is 5.75 Å². The van der Waals surface area contributed by atoms with E-state index in [1.54, 1.807) is 29.4 Å². The minimum Gasteiger partial charge on any atom is -0.506 e. The maximum Gasteiger partial charge on any atom is 0.253 e. The van der Waals surface area contributed by atoms with Crippen molar-refractivity contribution in [2.24, 2.45) is 0 Å². The van der Waals surface area contributed by atoms with Crippen LogP contribution in [0.5, 0.6) is 5.75 Å². The molecule has 106 valence electrons. The molecule has 0 radical (unpaired) electrons. The van der Waals surface area contributed by atoms with Gasteiger partial charge in [-0.15, -0.1) is 11.3 Å². The molecule has 0 saturated carbocycles. The number of aromatic nitrogens is 1. The number of aryl methyl sites for hydroxylation is 1. The lowest BCUT2D eigenvalue weighted by Crippen LogP contribution is -2.28. The maximum absolute atomic E-state index is 12.2. The van der Waals surface area contributed by atoms with E-state index in [9.17, 15) is 9.90 Å². The van der Waals surface area contributed by atoms with Crippen LogP contribution in [-0.4, -0.2) is 34.5 Å². The Kier molecular flexibility index (Phi) is 4.62. The largest absolute Gasteiger partial charge is 0.506 e. The van der Waals surface area contributed by atoms with Crippen LogP contribution in [0.1, 0.15) is 20.2 Å². The van der Waals surface area contributed by atoms with Gasteiger partial charge in [-0.2, -0.15) is 0 Å². The van der Waals surface area contributed by atoms with E-state index >= 15 is 0 Å². The number of hydrogen-bond donors (Lipinski definition) is 1. The fourth-order valence-corrected chi connectivity index (χ4v) is 2.70. The second-order valence-electron chi connectivity index (χ2n) is 4.51. The highest BCUT2D eigenvalue weighted by molar-refractivity contribution is 7.11. The average Bonchev–Trinajstić information content (AvgIpc) is 2.84. The summed E-state index contributed by atoms with van der Waals surface area (Å²) in [5.74, 6) is -0.149. The molecule has 0 spiro atoms. The summed E-state index contributed by atoms with van der Waals surface area (Å²) in [5, 5.41) is 10.6. The van der Waals surface area contributed by atoms with Crippen LogP contribution in [0.3, 0.4) is 0 Å². The molecule has 0 aliphatic rings. The van der Waals surface area contributed by atoms with Crippen LogP contribution in [0.4, 0.5) is 0 Å². The second kappa shape index (κ2) is 6.24. The summed E-state index contributed by atoms with van der Waals surface area (Å²) in [5.41, 5.74) is 0.464. The molecule has 1 aromatic carbocycles. The number of benzene rings is 1. The highest BCUT2D eigenvalue weighted by Gasteiger charge is 2.13. The first kappa shape index (κ1) is 14.8. The van der Waals surface area contributed by atoms with Crippen LogP contribution in [0.25, 0.3) is 0 Å². The van der Waals surface area contributed by atoms with Gasteiger partial charge < -0.3 is 10.0 Å². The fraction of sp³-hybridized carbons (Fsp3) is 0.286. The smallest absolute Gasteiger partial charge is 0.253 e. The zero-order valence-electron chi connectivity index (χ0n) is 11.3. The van der Waals surface area contributed by atoms with E-state index in [-0.39, 0.29) is 16.7 Å². The molecule has 0 aliphatic heterocycles. The van der Waals surface area contributed by atoms with Crippen molar-refractivity contribution >= 4 is 28.8 Å². The number of amides is 1. The Labute approximate surface area is 126 Å². The van der Waals surface area contributed by atoms with Crippen molar-refractivity contribution in [1.82, 2.24) is 9.88 Å². The zero-order valence-corrected chi connectivity index (χ0v) is 12.8. The normalized spacial score (nSPS) is 10.6. The molecule has 20 heavy (non-hydrogen) atoms. The third-order valence-corrected chi connectivity index (χ3v) is 4.15. The number of nitrogens with zero attached hydrogens (tertiary/aromatic N) is 2. The van der Waals surface area contributed by atoms with Crippen molar-refractivity contribution in [3.05, 3.63) is 44.9 Å². The van der Waals surface area contributed by atoms with Crippen molar-refractivity contribution in [2.45, 2.75) is 13.3 Å². The summed E-state index contributed by atoms with van der Waals surface area (Å²) in [4.78, 5) is 19.3. The van der Waals surface area contributed by atoms with E-state index in [4.69, 9.17) is 11.6 Å². The SMILES string of the molecule is Cc1cnc(CCN(C)C(=O)c2ccc(O)c(Cl)c2)s1. The third kappa shape index (κ3) is 3.49. The molecule has 1 heterocycles. The average molecular weight is 311 g/mol. The molecule has 0 saturated heterocycles. The summed E-state index contributed by atoms with van der Waals surface area (Å²) in [7, 11) is 1.74. The summed E-state index contributed by atoms with van der Waals surface area (Å²) in [6.45, 7) is 2.60. The zero-order chi connectivity index (χ0) is 14.7.